The summed E-state index contributed by atoms with van der Waals surface area (Å²) in [7, 11) is 1.87. The molecule has 0 aliphatic rings. The zero-order valence-electron chi connectivity index (χ0n) is 12.3. The summed E-state index contributed by atoms with van der Waals surface area (Å²) in [4.78, 5) is 8.98. The highest BCUT2D eigenvalue weighted by Crippen LogP contribution is 2.18. The lowest BCUT2D eigenvalue weighted by atomic mass is 10.1. The highest BCUT2D eigenvalue weighted by Gasteiger charge is 2.13. The first-order valence-corrected chi connectivity index (χ1v) is 6.71. The van der Waals surface area contributed by atoms with Crippen LogP contribution < -0.4 is 5.32 Å². The maximum Gasteiger partial charge on any atom is 0.159 e. The van der Waals surface area contributed by atoms with Gasteiger partial charge < -0.3 is 5.32 Å². The molecule has 0 spiro atoms. The summed E-state index contributed by atoms with van der Waals surface area (Å²) in [5, 5.41) is 7.68. The fourth-order valence-corrected chi connectivity index (χ4v) is 2.29. The molecular weight excluding hydrogens is 238 g/mol. The Morgan fingerprint density at radius 1 is 1.16 bits per heavy atom. The normalized spacial score (nSPS) is 10.8. The van der Waals surface area contributed by atoms with E-state index >= 15 is 0 Å². The number of aromatic nitrogens is 4. The number of hydrogen-bond acceptors (Lipinski definition) is 4. The van der Waals surface area contributed by atoms with Crippen molar-refractivity contribution in [2.75, 3.05) is 12.4 Å². The first-order chi connectivity index (χ1) is 9.10. The predicted octanol–water partition coefficient (Wildman–Crippen LogP) is 2.45. The molecule has 0 saturated heterocycles. The van der Waals surface area contributed by atoms with E-state index in [2.05, 4.69) is 41.2 Å². The van der Waals surface area contributed by atoms with E-state index in [1.807, 2.05) is 24.7 Å². The van der Waals surface area contributed by atoms with Gasteiger partial charge in [0.2, 0.25) is 0 Å². The van der Waals surface area contributed by atoms with E-state index in [4.69, 9.17) is 0 Å². The van der Waals surface area contributed by atoms with Crippen LogP contribution in [-0.4, -0.2) is 26.8 Å². The Labute approximate surface area is 114 Å². The summed E-state index contributed by atoms with van der Waals surface area (Å²) in [6.45, 7) is 8.34. The molecule has 0 unspecified atom stereocenters. The van der Waals surface area contributed by atoms with Crippen molar-refractivity contribution in [3.05, 3.63) is 28.8 Å². The second-order valence-electron chi connectivity index (χ2n) is 4.55. The van der Waals surface area contributed by atoms with Gasteiger partial charge in [-0.05, 0) is 25.8 Å². The molecular formula is C14H21N5. The van der Waals surface area contributed by atoms with Crippen LogP contribution in [0.5, 0.6) is 0 Å². The van der Waals surface area contributed by atoms with E-state index in [9.17, 15) is 0 Å². The van der Waals surface area contributed by atoms with Crippen LogP contribution in [0.2, 0.25) is 0 Å². The lowest BCUT2D eigenvalue weighted by Crippen LogP contribution is -2.08. The monoisotopic (exact) mass is 259 g/mol. The number of rotatable bonds is 4. The van der Waals surface area contributed by atoms with Crippen LogP contribution in [0.1, 0.15) is 36.6 Å². The maximum atomic E-state index is 4.60. The molecule has 102 valence electrons. The maximum absolute atomic E-state index is 4.60. The van der Waals surface area contributed by atoms with E-state index in [-0.39, 0.29) is 0 Å². The molecule has 1 N–H and O–H groups in total. The fraction of sp³-hybridized carbons (Fsp3) is 0.500. The Kier molecular flexibility index (Phi) is 3.83. The molecule has 5 heteroatoms. The Bertz CT molecular complexity index is 564. The number of nitrogens with one attached hydrogen (secondary N) is 1. The van der Waals surface area contributed by atoms with Crippen molar-refractivity contribution in [2.24, 2.45) is 0 Å². The molecule has 2 aromatic rings. The van der Waals surface area contributed by atoms with Gasteiger partial charge in [0.05, 0.1) is 5.69 Å². The molecule has 0 aromatic carbocycles. The van der Waals surface area contributed by atoms with Crippen molar-refractivity contribution < 1.29 is 0 Å². The van der Waals surface area contributed by atoms with Gasteiger partial charge in [-0.1, -0.05) is 13.8 Å². The lowest BCUT2D eigenvalue weighted by Gasteiger charge is -2.08. The van der Waals surface area contributed by atoms with Crippen LogP contribution in [0.3, 0.4) is 0 Å². The Morgan fingerprint density at radius 3 is 2.42 bits per heavy atom. The van der Waals surface area contributed by atoms with Crippen molar-refractivity contribution in [3.63, 3.8) is 0 Å². The highest BCUT2D eigenvalue weighted by atomic mass is 15.3. The number of aryl methyl sites for hydroxylation is 2. The van der Waals surface area contributed by atoms with Crippen LogP contribution >= 0.6 is 0 Å². The second-order valence-corrected chi connectivity index (χ2v) is 4.55. The van der Waals surface area contributed by atoms with E-state index in [0.29, 0.717) is 0 Å². The van der Waals surface area contributed by atoms with Crippen molar-refractivity contribution >= 4 is 5.82 Å². The zero-order valence-corrected chi connectivity index (χ0v) is 12.3. The summed E-state index contributed by atoms with van der Waals surface area (Å²) in [6, 6.07) is 1.93. The van der Waals surface area contributed by atoms with Gasteiger partial charge in [0, 0.05) is 25.2 Å². The van der Waals surface area contributed by atoms with Gasteiger partial charge in [-0.3, -0.25) is 0 Å². The van der Waals surface area contributed by atoms with Crippen molar-refractivity contribution in [1.29, 1.82) is 0 Å². The predicted molar refractivity (Wildman–Crippen MR) is 76.9 cm³/mol. The lowest BCUT2D eigenvalue weighted by molar-refractivity contribution is 0.783. The number of anilines is 1. The van der Waals surface area contributed by atoms with Crippen LogP contribution in [0.15, 0.2) is 6.07 Å². The topological polar surface area (TPSA) is 55.6 Å². The molecule has 2 rings (SSSR count). The molecule has 19 heavy (non-hydrogen) atoms. The van der Waals surface area contributed by atoms with Crippen LogP contribution in [0, 0.1) is 13.8 Å². The third-order valence-electron chi connectivity index (χ3n) is 3.34. The Balaban J connectivity index is 2.58. The minimum atomic E-state index is 0.808. The van der Waals surface area contributed by atoms with Gasteiger partial charge in [-0.15, -0.1) is 0 Å². The first kappa shape index (κ1) is 13.5. The third kappa shape index (κ3) is 2.45. The van der Waals surface area contributed by atoms with Gasteiger partial charge >= 0.3 is 0 Å². The molecule has 0 radical (unpaired) electrons. The minimum absolute atomic E-state index is 0.808. The SMILES string of the molecule is CCc1nc(NC)cc(-n2nc(C)c(CC)c2C)n1. The summed E-state index contributed by atoms with van der Waals surface area (Å²) in [5.74, 6) is 2.48. The quantitative estimate of drug-likeness (QED) is 0.916. The standard InChI is InChI=1S/C14H21N5/c1-6-11-9(3)18-19(10(11)4)14-8-13(15-5)16-12(7-2)17-14/h8H,6-7H2,1-5H3,(H,15,16,17). The molecule has 0 fully saturated rings. The van der Waals surface area contributed by atoms with Gasteiger partial charge in [-0.25, -0.2) is 14.6 Å². The van der Waals surface area contributed by atoms with Gasteiger partial charge in [0.15, 0.2) is 5.82 Å². The minimum Gasteiger partial charge on any atom is -0.373 e. The van der Waals surface area contributed by atoms with E-state index < -0.39 is 0 Å². The molecule has 0 saturated carbocycles. The van der Waals surface area contributed by atoms with E-state index in [1.54, 1.807) is 0 Å². The summed E-state index contributed by atoms with van der Waals surface area (Å²) in [6.07, 6.45) is 1.80. The van der Waals surface area contributed by atoms with Crippen molar-refractivity contribution in [3.8, 4) is 5.82 Å². The van der Waals surface area contributed by atoms with E-state index in [0.717, 1.165) is 41.7 Å². The fourth-order valence-electron chi connectivity index (χ4n) is 2.29. The average molecular weight is 259 g/mol. The Hall–Kier alpha value is -1.91. The van der Waals surface area contributed by atoms with Gasteiger partial charge in [-0.2, -0.15) is 5.10 Å². The van der Waals surface area contributed by atoms with Gasteiger partial charge in [0.25, 0.3) is 0 Å². The second kappa shape index (κ2) is 5.38. The molecule has 2 aromatic heterocycles. The molecule has 0 aliphatic carbocycles. The molecule has 2 heterocycles. The molecule has 0 aliphatic heterocycles. The summed E-state index contributed by atoms with van der Waals surface area (Å²) in [5.41, 5.74) is 3.52. The number of hydrogen-bond donors (Lipinski definition) is 1. The zero-order chi connectivity index (χ0) is 14.0. The summed E-state index contributed by atoms with van der Waals surface area (Å²) >= 11 is 0. The first-order valence-electron chi connectivity index (χ1n) is 6.71. The smallest absolute Gasteiger partial charge is 0.159 e. The Morgan fingerprint density at radius 2 is 1.89 bits per heavy atom. The average Bonchev–Trinajstić information content (AvgIpc) is 2.72. The van der Waals surface area contributed by atoms with Crippen molar-refractivity contribution in [2.45, 2.75) is 40.5 Å². The number of nitrogens with zero attached hydrogens (tertiary/aromatic N) is 4. The largest absolute Gasteiger partial charge is 0.373 e. The summed E-state index contributed by atoms with van der Waals surface area (Å²) < 4.78 is 1.91. The van der Waals surface area contributed by atoms with Gasteiger partial charge in [0.1, 0.15) is 11.6 Å². The molecule has 5 nitrogen and oxygen atoms in total. The van der Waals surface area contributed by atoms with E-state index in [1.165, 1.54) is 5.56 Å². The van der Waals surface area contributed by atoms with Crippen LogP contribution in [0.4, 0.5) is 5.82 Å². The molecule has 0 amide bonds. The van der Waals surface area contributed by atoms with Crippen LogP contribution in [0.25, 0.3) is 5.82 Å². The molecule has 0 atom stereocenters. The van der Waals surface area contributed by atoms with Crippen LogP contribution in [-0.2, 0) is 12.8 Å². The van der Waals surface area contributed by atoms with Crippen molar-refractivity contribution in [1.82, 2.24) is 19.7 Å². The molecule has 0 bridgehead atoms. The highest BCUT2D eigenvalue weighted by molar-refractivity contribution is 5.42. The third-order valence-corrected chi connectivity index (χ3v) is 3.34.